The lowest BCUT2D eigenvalue weighted by molar-refractivity contribution is 0.102. The summed E-state index contributed by atoms with van der Waals surface area (Å²) in [5.41, 5.74) is 6.37. The van der Waals surface area contributed by atoms with Crippen LogP contribution in [0, 0.1) is 0 Å². The lowest BCUT2D eigenvalue weighted by atomic mass is 10.1. The Hall–Kier alpha value is -2.34. The molecule has 21 heavy (non-hydrogen) atoms. The number of hydrogen-bond donors (Lipinski definition) is 1. The summed E-state index contributed by atoms with van der Waals surface area (Å²) < 4.78 is 29.4. The van der Waals surface area contributed by atoms with Crippen molar-refractivity contribution in [3.8, 4) is 5.75 Å². The smallest absolute Gasteiger partial charge is 0.185 e. The first-order valence-electron chi connectivity index (χ1n) is 6.18. The average molecular weight is 305 g/mol. The number of carbonyl (C=O) groups excluding carboxylic acids is 1. The van der Waals surface area contributed by atoms with Gasteiger partial charge in [0, 0.05) is 11.3 Å². The van der Waals surface area contributed by atoms with Crippen molar-refractivity contribution in [3.05, 3.63) is 54.1 Å². The largest absolute Gasteiger partial charge is 0.497 e. The molecule has 0 heterocycles. The highest BCUT2D eigenvalue weighted by Crippen LogP contribution is 2.18. The third-order valence-electron chi connectivity index (χ3n) is 2.97. The van der Waals surface area contributed by atoms with Crippen molar-refractivity contribution in [1.82, 2.24) is 0 Å². The number of methoxy groups -OCH3 is 1. The number of nitrogen functional groups attached to an aromatic ring is 1. The molecule has 0 aliphatic heterocycles. The van der Waals surface area contributed by atoms with Gasteiger partial charge in [-0.2, -0.15) is 0 Å². The summed E-state index contributed by atoms with van der Waals surface area (Å²) in [7, 11) is -2.18. The summed E-state index contributed by atoms with van der Waals surface area (Å²) in [4.78, 5) is 12.1. The minimum absolute atomic E-state index is 0.0899. The molecule has 6 heteroatoms. The Morgan fingerprint density at radius 2 is 1.62 bits per heavy atom. The fraction of sp³-hybridized carbons (Fsp3) is 0.133. The van der Waals surface area contributed by atoms with Crippen LogP contribution in [-0.4, -0.2) is 27.1 Å². The molecule has 2 aromatic carbocycles. The highest BCUT2D eigenvalue weighted by atomic mass is 32.2. The van der Waals surface area contributed by atoms with Gasteiger partial charge in [0.25, 0.3) is 0 Å². The number of nitrogens with two attached hydrogens (primary N) is 1. The molecule has 0 fully saturated rings. The van der Waals surface area contributed by atoms with Gasteiger partial charge in [-0.05, 0) is 48.5 Å². The third kappa shape index (κ3) is 3.61. The van der Waals surface area contributed by atoms with Crippen molar-refractivity contribution >= 4 is 21.3 Å². The summed E-state index contributed by atoms with van der Waals surface area (Å²) >= 11 is 0. The number of carbonyl (C=O) groups is 1. The second-order valence-electron chi connectivity index (χ2n) is 4.48. The molecule has 0 aliphatic carbocycles. The lowest BCUT2D eigenvalue weighted by Crippen LogP contribution is -2.16. The molecule has 0 unspecified atom stereocenters. The van der Waals surface area contributed by atoms with E-state index in [9.17, 15) is 13.2 Å². The molecule has 2 rings (SSSR count). The molecule has 0 aliphatic rings. The van der Waals surface area contributed by atoms with Crippen LogP contribution < -0.4 is 10.5 Å². The second-order valence-corrected chi connectivity index (χ2v) is 6.47. The minimum atomic E-state index is -3.68. The maximum absolute atomic E-state index is 12.2. The molecule has 0 saturated heterocycles. The van der Waals surface area contributed by atoms with Crippen LogP contribution in [0.15, 0.2) is 53.4 Å². The summed E-state index contributed by atoms with van der Waals surface area (Å²) in [5.74, 6) is -0.492. The number of rotatable bonds is 5. The molecular formula is C15H15NO4S. The Morgan fingerprint density at radius 3 is 2.14 bits per heavy atom. The van der Waals surface area contributed by atoms with E-state index in [4.69, 9.17) is 10.5 Å². The standard InChI is InChI=1S/C15H15NO4S/c1-20-13-6-8-14(9-7-13)21(18,19)10-15(17)11-2-4-12(16)5-3-11/h2-9H,10,16H2,1H3. The van der Waals surface area contributed by atoms with Gasteiger partial charge >= 0.3 is 0 Å². The summed E-state index contributed by atoms with van der Waals surface area (Å²) in [6, 6.07) is 12.1. The monoisotopic (exact) mass is 305 g/mol. The van der Waals surface area contributed by atoms with Crippen LogP contribution in [0.5, 0.6) is 5.75 Å². The molecule has 0 radical (unpaired) electrons. The fourth-order valence-electron chi connectivity index (χ4n) is 1.79. The van der Waals surface area contributed by atoms with Crippen LogP contribution >= 0.6 is 0 Å². The summed E-state index contributed by atoms with van der Waals surface area (Å²) in [5, 5.41) is 0. The quantitative estimate of drug-likeness (QED) is 0.674. The van der Waals surface area contributed by atoms with E-state index >= 15 is 0 Å². The van der Waals surface area contributed by atoms with Crippen molar-refractivity contribution < 1.29 is 17.9 Å². The molecule has 0 amide bonds. The van der Waals surface area contributed by atoms with E-state index in [1.807, 2.05) is 0 Å². The van der Waals surface area contributed by atoms with Crippen molar-refractivity contribution in [2.24, 2.45) is 0 Å². The van der Waals surface area contributed by atoms with E-state index in [0.717, 1.165) is 0 Å². The van der Waals surface area contributed by atoms with Gasteiger partial charge < -0.3 is 10.5 Å². The highest BCUT2D eigenvalue weighted by molar-refractivity contribution is 7.92. The Kier molecular flexibility index (Phi) is 4.28. The normalized spacial score (nSPS) is 11.1. The minimum Gasteiger partial charge on any atom is -0.497 e. The van der Waals surface area contributed by atoms with Gasteiger partial charge in [0.15, 0.2) is 15.6 Å². The van der Waals surface area contributed by atoms with E-state index in [-0.39, 0.29) is 4.90 Å². The Balaban J connectivity index is 2.20. The molecule has 0 aromatic heterocycles. The number of anilines is 1. The Bertz CT molecular complexity index is 734. The lowest BCUT2D eigenvalue weighted by Gasteiger charge is -2.06. The molecular weight excluding hydrogens is 290 g/mol. The van der Waals surface area contributed by atoms with Gasteiger partial charge in [0.1, 0.15) is 11.5 Å². The highest BCUT2D eigenvalue weighted by Gasteiger charge is 2.20. The van der Waals surface area contributed by atoms with E-state index in [0.29, 0.717) is 17.0 Å². The van der Waals surface area contributed by atoms with Gasteiger partial charge in [0.2, 0.25) is 0 Å². The summed E-state index contributed by atoms with van der Waals surface area (Å²) in [6.07, 6.45) is 0. The van der Waals surface area contributed by atoms with Gasteiger partial charge in [-0.15, -0.1) is 0 Å². The van der Waals surface area contributed by atoms with Crippen LogP contribution in [0.2, 0.25) is 0 Å². The zero-order valence-electron chi connectivity index (χ0n) is 11.4. The number of sulfone groups is 1. The molecule has 110 valence electrons. The van der Waals surface area contributed by atoms with Gasteiger partial charge in [-0.25, -0.2) is 8.42 Å². The SMILES string of the molecule is COc1ccc(S(=O)(=O)CC(=O)c2ccc(N)cc2)cc1. The van der Waals surface area contributed by atoms with Crippen LogP contribution in [-0.2, 0) is 9.84 Å². The molecule has 0 saturated carbocycles. The Labute approximate surface area is 123 Å². The number of benzene rings is 2. The van der Waals surface area contributed by atoms with Gasteiger partial charge in [0.05, 0.1) is 12.0 Å². The molecule has 2 N–H and O–H groups in total. The van der Waals surface area contributed by atoms with Gasteiger partial charge in [-0.1, -0.05) is 0 Å². The van der Waals surface area contributed by atoms with E-state index in [1.54, 1.807) is 24.3 Å². The van der Waals surface area contributed by atoms with Crippen LogP contribution in [0.4, 0.5) is 5.69 Å². The molecule has 5 nitrogen and oxygen atoms in total. The van der Waals surface area contributed by atoms with Crippen molar-refractivity contribution in [1.29, 1.82) is 0 Å². The van der Waals surface area contributed by atoms with Crippen LogP contribution in [0.3, 0.4) is 0 Å². The predicted molar refractivity (Wildman–Crippen MR) is 80.2 cm³/mol. The van der Waals surface area contributed by atoms with Crippen molar-refractivity contribution in [2.45, 2.75) is 4.90 Å². The van der Waals surface area contributed by atoms with Crippen molar-refractivity contribution in [2.75, 3.05) is 18.6 Å². The first kappa shape index (κ1) is 15.1. The molecule has 0 bridgehead atoms. The fourth-order valence-corrected chi connectivity index (χ4v) is 3.02. The zero-order valence-corrected chi connectivity index (χ0v) is 12.3. The number of Topliss-reactive ketones (excluding diaryl/α,β-unsaturated/α-hetero) is 1. The third-order valence-corrected chi connectivity index (χ3v) is 4.60. The number of ketones is 1. The van der Waals surface area contributed by atoms with E-state index in [1.165, 1.54) is 31.4 Å². The van der Waals surface area contributed by atoms with E-state index in [2.05, 4.69) is 0 Å². The maximum atomic E-state index is 12.2. The topological polar surface area (TPSA) is 86.5 Å². The first-order valence-corrected chi connectivity index (χ1v) is 7.83. The van der Waals surface area contributed by atoms with Crippen LogP contribution in [0.25, 0.3) is 0 Å². The first-order chi connectivity index (χ1) is 9.92. The van der Waals surface area contributed by atoms with E-state index < -0.39 is 21.4 Å². The summed E-state index contributed by atoms with van der Waals surface area (Å²) in [6.45, 7) is 0. The molecule has 0 atom stereocenters. The molecule has 2 aromatic rings. The average Bonchev–Trinajstić information content (AvgIpc) is 2.47. The zero-order chi connectivity index (χ0) is 15.5. The molecule has 0 spiro atoms. The van der Waals surface area contributed by atoms with Crippen LogP contribution in [0.1, 0.15) is 10.4 Å². The maximum Gasteiger partial charge on any atom is 0.185 e. The number of hydrogen-bond acceptors (Lipinski definition) is 5. The Morgan fingerprint density at radius 1 is 1.05 bits per heavy atom. The number of ether oxygens (including phenoxy) is 1. The second kappa shape index (κ2) is 5.97. The van der Waals surface area contributed by atoms with Crippen molar-refractivity contribution in [3.63, 3.8) is 0 Å². The van der Waals surface area contributed by atoms with Gasteiger partial charge in [-0.3, -0.25) is 4.79 Å². The predicted octanol–water partition coefficient (Wildman–Crippen LogP) is 1.93.